The molecule has 9 nitrogen and oxygen atoms in total. The van der Waals surface area contributed by atoms with Crippen LogP contribution in [0, 0.1) is 6.92 Å². The van der Waals surface area contributed by atoms with E-state index in [4.69, 9.17) is 4.74 Å². The van der Waals surface area contributed by atoms with Gasteiger partial charge in [0.05, 0.1) is 6.33 Å². The van der Waals surface area contributed by atoms with Crippen LogP contribution in [-0.4, -0.2) is 40.6 Å². The van der Waals surface area contributed by atoms with Gasteiger partial charge >= 0.3 is 0 Å². The Labute approximate surface area is 178 Å². The Morgan fingerprint density at radius 2 is 1.97 bits per heavy atom. The normalized spacial score (nSPS) is 12.3. The molecule has 1 atom stereocenters. The molecule has 3 aromatic heterocycles. The maximum atomic E-state index is 6.07. The van der Waals surface area contributed by atoms with Crippen molar-refractivity contribution in [1.29, 1.82) is 0 Å². The first kappa shape index (κ1) is 19.0. The molecule has 3 N–H and O–H groups in total. The van der Waals surface area contributed by atoms with Crippen LogP contribution in [0.3, 0.4) is 0 Å². The first-order valence-corrected chi connectivity index (χ1v) is 10.2. The van der Waals surface area contributed by atoms with Gasteiger partial charge in [0.1, 0.15) is 18.2 Å². The van der Waals surface area contributed by atoms with Crippen LogP contribution in [0.15, 0.2) is 48.8 Å². The van der Waals surface area contributed by atoms with Gasteiger partial charge in [0.15, 0.2) is 11.3 Å². The minimum atomic E-state index is 0.174. The van der Waals surface area contributed by atoms with E-state index in [2.05, 4.69) is 66.5 Å². The predicted molar refractivity (Wildman–Crippen MR) is 115 cm³/mol. The van der Waals surface area contributed by atoms with Crippen molar-refractivity contribution < 1.29 is 4.74 Å². The summed E-state index contributed by atoms with van der Waals surface area (Å²) in [6, 6.07) is 14.3. The fraction of sp³-hybridized carbons (Fsp3) is 0.227. The van der Waals surface area contributed by atoms with E-state index < -0.39 is 0 Å². The molecule has 0 spiro atoms. The van der Waals surface area contributed by atoms with E-state index in [0.717, 1.165) is 46.0 Å². The van der Waals surface area contributed by atoms with Gasteiger partial charge in [-0.3, -0.25) is 0 Å². The third kappa shape index (κ3) is 3.77. The summed E-state index contributed by atoms with van der Waals surface area (Å²) < 4.78 is 6.07. The van der Waals surface area contributed by atoms with Crippen molar-refractivity contribution >= 4 is 11.3 Å². The van der Waals surface area contributed by atoms with E-state index in [-0.39, 0.29) is 5.92 Å². The number of imidazole rings is 2. The van der Waals surface area contributed by atoms with Crippen LogP contribution in [-0.2, 0) is 6.61 Å². The molecule has 5 rings (SSSR count). The summed E-state index contributed by atoms with van der Waals surface area (Å²) in [5.41, 5.74) is 5.85. The minimum absolute atomic E-state index is 0.174. The molecule has 0 radical (unpaired) electrons. The maximum Gasteiger partial charge on any atom is 0.204 e. The van der Waals surface area contributed by atoms with Crippen LogP contribution >= 0.6 is 0 Å². The van der Waals surface area contributed by atoms with Gasteiger partial charge < -0.3 is 14.7 Å². The number of aromatic amines is 3. The molecule has 31 heavy (non-hydrogen) atoms. The zero-order valence-corrected chi connectivity index (χ0v) is 17.3. The SMILES string of the molecule is CCC(c1ccc(OCc2ccc(-c3nn[nH]n3)cc2)c(C)c1)c1nc2nc[nH]c2[nH]1. The third-order valence-electron chi connectivity index (χ3n) is 5.39. The summed E-state index contributed by atoms with van der Waals surface area (Å²) in [5.74, 6) is 2.54. The fourth-order valence-electron chi connectivity index (χ4n) is 3.73. The largest absolute Gasteiger partial charge is 0.489 e. The Hall–Kier alpha value is -4.01. The van der Waals surface area contributed by atoms with Crippen LogP contribution in [0.1, 0.15) is 41.8 Å². The van der Waals surface area contributed by atoms with Crippen molar-refractivity contribution in [2.45, 2.75) is 32.8 Å². The summed E-state index contributed by atoms with van der Waals surface area (Å²) in [5, 5.41) is 14.0. The van der Waals surface area contributed by atoms with Gasteiger partial charge in [-0.1, -0.05) is 43.3 Å². The van der Waals surface area contributed by atoms with Crippen LogP contribution in [0.25, 0.3) is 22.7 Å². The zero-order chi connectivity index (χ0) is 21.2. The molecule has 0 aliphatic carbocycles. The van der Waals surface area contributed by atoms with Gasteiger partial charge in [-0.2, -0.15) is 5.21 Å². The predicted octanol–water partition coefficient (Wildman–Crippen LogP) is 3.90. The molecule has 0 saturated carbocycles. The first-order valence-electron chi connectivity index (χ1n) is 10.2. The summed E-state index contributed by atoms with van der Waals surface area (Å²) >= 11 is 0. The molecule has 3 heterocycles. The molecular formula is C22H22N8O. The average Bonchev–Trinajstić information content (AvgIpc) is 3.52. The average molecular weight is 414 g/mol. The smallest absolute Gasteiger partial charge is 0.204 e. The van der Waals surface area contributed by atoms with Crippen molar-refractivity contribution in [2.75, 3.05) is 0 Å². The van der Waals surface area contributed by atoms with Gasteiger partial charge in [0.2, 0.25) is 5.82 Å². The van der Waals surface area contributed by atoms with E-state index in [1.807, 2.05) is 30.3 Å². The lowest BCUT2D eigenvalue weighted by atomic mass is 9.94. The fourth-order valence-corrected chi connectivity index (χ4v) is 3.73. The summed E-state index contributed by atoms with van der Waals surface area (Å²) in [4.78, 5) is 15.3. The Morgan fingerprint density at radius 1 is 1.10 bits per heavy atom. The number of nitrogens with zero attached hydrogens (tertiary/aromatic N) is 5. The van der Waals surface area contributed by atoms with E-state index in [0.29, 0.717) is 12.4 Å². The Balaban J connectivity index is 1.29. The highest BCUT2D eigenvalue weighted by Gasteiger charge is 2.18. The zero-order valence-electron chi connectivity index (χ0n) is 17.3. The van der Waals surface area contributed by atoms with Crippen molar-refractivity contribution in [3.8, 4) is 17.1 Å². The topological polar surface area (TPSA) is 121 Å². The van der Waals surface area contributed by atoms with Crippen LogP contribution in [0.4, 0.5) is 0 Å². The van der Waals surface area contributed by atoms with E-state index >= 15 is 0 Å². The van der Waals surface area contributed by atoms with Crippen molar-refractivity contribution in [2.24, 2.45) is 0 Å². The highest BCUT2D eigenvalue weighted by atomic mass is 16.5. The third-order valence-corrected chi connectivity index (χ3v) is 5.39. The second-order valence-corrected chi connectivity index (χ2v) is 7.43. The lowest BCUT2D eigenvalue weighted by molar-refractivity contribution is 0.304. The number of H-pyrrole nitrogens is 3. The van der Waals surface area contributed by atoms with Crippen molar-refractivity contribution in [1.82, 2.24) is 40.6 Å². The van der Waals surface area contributed by atoms with Crippen LogP contribution in [0.2, 0.25) is 0 Å². The number of ether oxygens (including phenoxy) is 1. The monoisotopic (exact) mass is 414 g/mol. The number of rotatable bonds is 7. The maximum absolute atomic E-state index is 6.07. The molecule has 9 heteroatoms. The standard InChI is InChI=1S/C22H22N8O/c1-3-17(20-25-21-22(26-20)24-12-23-21)16-8-9-18(13(2)10-16)31-11-14-4-6-15(7-5-14)19-27-29-30-28-19/h4-10,12,17H,3,11H2,1-2H3,(H,23,24)(H,25,26)(H,27,28,29,30). The number of tetrazole rings is 1. The molecule has 0 fully saturated rings. The highest BCUT2D eigenvalue weighted by molar-refractivity contribution is 5.65. The lowest BCUT2D eigenvalue weighted by Crippen LogP contribution is -2.04. The van der Waals surface area contributed by atoms with Gasteiger partial charge in [-0.15, -0.1) is 10.2 Å². The quantitative estimate of drug-likeness (QED) is 0.371. The summed E-state index contributed by atoms with van der Waals surface area (Å²) in [6.07, 6.45) is 2.58. The second-order valence-electron chi connectivity index (χ2n) is 7.43. The van der Waals surface area contributed by atoms with Crippen molar-refractivity contribution in [3.05, 3.63) is 71.3 Å². The number of benzene rings is 2. The Bertz CT molecular complexity index is 1260. The van der Waals surface area contributed by atoms with Gasteiger partial charge in [0, 0.05) is 11.5 Å². The van der Waals surface area contributed by atoms with Gasteiger partial charge in [-0.05, 0) is 41.3 Å². The molecule has 2 aromatic carbocycles. The summed E-state index contributed by atoms with van der Waals surface area (Å²) in [6.45, 7) is 4.71. The van der Waals surface area contributed by atoms with E-state index in [1.54, 1.807) is 6.33 Å². The van der Waals surface area contributed by atoms with Gasteiger partial charge in [0.25, 0.3) is 0 Å². The van der Waals surface area contributed by atoms with Crippen LogP contribution in [0.5, 0.6) is 5.75 Å². The minimum Gasteiger partial charge on any atom is -0.489 e. The molecule has 0 amide bonds. The number of nitrogens with one attached hydrogen (secondary N) is 3. The molecule has 1 unspecified atom stereocenters. The van der Waals surface area contributed by atoms with E-state index in [9.17, 15) is 0 Å². The van der Waals surface area contributed by atoms with Crippen molar-refractivity contribution in [3.63, 3.8) is 0 Å². The molecule has 0 aliphatic rings. The number of aromatic nitrogens is 8. The van der Waals surface area contributed by atoms with Crippen LogP contribution < -0.4 is 4.74 Å². The first-order chi connectivity index (χ1) is 15.2. The lowest BCUT2D eigenvalue weighted by Gasteiger charge is -2.16. The second kappa shape index (κ2) is 8.02. The summed E-state index contributed by atoms with van der Waals surface area (Å²) in [7, 11) is 0. The molecule has 5 aromatic rings. The molecule has 156 valence electrons. The molecule has 0 saturated heterocycles. The Morgan fingerprint density at radius 3 is 2.68 bits per heavy atom. The Kier molecular flexibility index (Phi) is 4.91. The van der Waals surface area contributed by atoms with Gasteiger partial charge in [-0.25, -0.2) is 9.97 Å². The number of hydrogen-bond donors (Lipinski definition) is 3. The number of aryl methyl sites for hydroxylation is 1. The highest BCUT2D eigenvalue weighted by Crippen LogP contribution is 2.30. The molecule has 0 bridgehead atoms. The molecule has 0 aliphatic heterocycles. The number of fused-ring (bicyclic) bond motifs is 1. The molecular weight excluding hydrogens is 392 g/mol. The van der Waals surface area contributed by atoms with E-state index in [1.165, 1.54) is 5.56 Å². The number of hydrogen-bond acceptors (Lipinski definition) is 6.